The summed E-state index contributed by atoms with van der Waals surface area (Å²) in [6.45, 7) is 0.326. The lowest BCUT2D eigenvalue weighted by atomic mass is 10.1. The molecule has 2 aromatic heterocycles. The molecule has 0 bridgehead atoms. The number of ether oxygens (including phenoxy) is 3. The van der Waals surface area contributed by atoms with E-state index in [9.17, 15) is 14.0 Å². The van der Waals surface area contributed by atoms with Crippen LogP contribution in [0.15, 0.2) is 120 Å². The number of pyridine rings is 2. The van der Waals surface area contributed by atoms with E-state index in [1.54, 1.807) is 18.2 Å². The first-order valence-electron chi connectivity index (χ1n) is 13.8. The molecule has 1 amide bonds. The van der Waals surface area contributed by atoms with E-state index in [0.29, 0.717) is 34.8 Å². The van der Waals surface area contributed by atoms with Gasteiger partial charge in [-0.05, 0) is 66.2 Å². The second kappa shape index (κ2) is 12.7. The van der Waals surface area contributed by atoms with E-state index in [-0.39, 0.29) is 22.7 Å². The van der Waals surface area contributed by atoms with Gasteiger partial charge in [0.05, 0.1) is 18.3 Å². The second-order valence-corrected chi connectivity index (χ2v) is 9.85. The Hall–Kier alpha value is -6.03. The van der Waals surface area contributed by atoms with Crippen LogP contribution in [-0.4, -0.2) is 23.0 Å². The van der Waals surface area contributed by atoms with Gasteiger partial charge < -0.3 is 19.2 Å². The first-order chi connectivity index (χ1) is 21.9. The molecular formula is C35H25F2N3O5. The van der Waals surface area contributed by atoms with E-state index in [1.807, 2.05) is 30.3 Å². The number of H-pyrrole nitrogens is 1. The number of methoxy groups -OCH3 is 1. The Balaban J connectivity index is 1.32. The van der Waals surface area contributed by atoms with Crippen LogP contribution in [-0.2, 0) is 6.61 Å². The van der Waals surface area contributed by atoms with E-state index in [4.69, 9.17) is 14.2 Å². The Morgan fingerprint density at radius 1 is 0.822 bits per heavy atom. The predicted molar refractivity (Wildman–Crippen MR) is 165 cm³/mol. The van der Waals surface area contributed by atoms with Crippen molar-refractivity contribution in [1.29, 1.82) is 0 Å². The quantitative estimate of drug-likeness (QED) is 0.183. The highest BCUT2D eigenvalue weighted by molar-refractivity contribution is 6.10. The monoisotopic (exact) mass is 605 g/mol. The van der Waals surface area contributed by atoms with Crippen LogP contribution in [0, 0.1) is 11.6 Å². The molecule has 0 fully saturated rings. The number of aromatic nitrogens is 2. The topological polar surface area (TPSA) is 93.8 Å². The number of hydrogen-bond acceptors (Lipinski definition) is 6. The molecule has 1 N–H and O–H groups in total. The molecule has 45 heavy (non-hydrogen) atoms. The van der Waals surface area contributed by atoms with Gasteiger partial charge in [0.25, 0.3) is 11.5 Å². The summed E-state index contributed by atoms with van der Waals surface area (Å²) < 4.78 is 46.9. The van der Waals surface area contributed by atoms with Crippen molar-refractivity contribution in [2.75, 3.05) is 12.0 Å². The van der Waals surface area contributed by atoms with Gasteiger partial charge >= 0.3 is 0 Å². The van der Waals surface area contributed by atoms with Gasteiger partial charge in [0.1, 0.15) is 23.7 Å². The van der Waals surface area contributed by atoms with Crippen molar-refractivity contribution in [1.82, 2.24) is 9.97 Å². The van der Waals surface area contributed by atoms with Crippen molar-refractivity contribution >= 4 is 28.2 Å². The van der Waals surface area contributed by atoms with E-state index in [0.717, 1.165) is 16.5 Å². The molecule has 0 aliphatic rings. The number of rotatable bonds is 9. The molecule has 0 aliphatic carbocycles. The van der Waals surface area contributed by atoms with Gasteiger partial charge in [0.2, 0.25) is 0 Å². The molecular weight excluding hydrogens is 580 g/mol. The van der Waals surface area contributed by atoms with Crippen LogP contribution in [0.4, 0.5) is 20.2 Å². The standard InChI is InChI=1S/C35H25F2N3O5/c1-43-32-19-27-29(20-33(32)44-21-22-6-3-2-4-7-22)38-17-15-30(27)45-31-14-13-25(18-28(31)37)40(24-11-9-23(36)10-12-24)35(42)26-8-5-16-39-34(26)41/h2-20H,21H2,1H3,(H,39,41). The fraction of sp³-hybridized carbons (Fsp3) is 0.0571. The lowest BCUT2D eigenvalue weighted by Crippen LogP contribution is -2.31. The second-order valence-electron chi connectivity index (χ2n) is 9.85. The summed E-state index contributed by atoms with van der Waals surface area (Å²) in [6, 6.07) is 26.6. The minimum atomic E-state index is -0.783. The zero-order valence-corrected chi connectivity index (χ0v) is 23.9. The van der Waals surface area contributed by atoms with Crippen LogP contribution in [0.5, 0.6) is 23.0 Å². The largest absolute Gasteiger partial charge is 0.493 e. The Morgan fingerprint density at radius 3 is 2.33 bits per heavy atom. The SMILES string of the molecule is COc1cc2c(Oc3ccc(N(C(=O)c4ccc[nH]c4=O)c4ccc(F)cc4)cc3F)ccnc2cc1OCc1ccccc1. The number of anilines is 2. The summed E-state index contributed by atoms with van der Waals surface area (Å²) in [4.78, 5) is 33.9. The Bertz CT molecular complexity index is 2050. The lowest BCUT2D eigenvalue weighted by Gasteiger charge is -2.23. The van der Waals surface area contributed by atoms with Crippen LogP contribution in [0.3, 0.4) is 0 Å². The molecule has 6 aromatic rings. The zero-order chi connectivity index (χ0) is 31.3. The molecule has 0 aliphatic heterocycles. The summed E-state index contributed by atoms with van der Waals surface area (Å²) in [5.41, 5.74) is 1.06. The summed E-state index contributed by atoms with van der Waals surface area (Å²) >= 11 is 0. The highest BCUT2D eigenvalue weighted by atomic mass is 19.1. The van der Waals surface area contributed by atoms with Gasteiger partial charge in [-0.15, -0.1) is 0 Å². The van der Waals surface area contributed by atoms with Crippen LogP contribution in [0.25, 0.3) is 10.9 Å². The molecule has 224 valence electrons. The molecule has 2 heterocycles. The maximum atomic E-state index is 15.6. The smallest absolute Gasteiger partial charge is 0.268 e. The number of carbonyl (C=O) groups is 1. The average Bonchev–Trinajstić information content (AvgIpc) is 3.06. The molecule has 0 saturated carbocycles. The highest BCUT2D eigenvalue weighted by Crippen LogP contribution is 2.39. The van der Waals surface area contributed by atoms with Crippen molar-refractivity contribution in [3.05, 3.63) is 149 Å². The van der Waals surface area contributed by atoms with Crippen LogP contribution < -0.4 is 24.7 Å². The van der Waals surface area contributed by atoms with Crippen LogP contribution in [0.2, 0.25) is 0 Å². The predicted octanol–water partition coefficient (Wildman–Crippen LogP) is 7.56. The first kappa shape index (κ1) is 29.1. The Labute approximate surface area is 256 Å². The molecule has 0 unspecified atom stereocenters. The molecule has 0 saturated heterocycles. The molecule has 8 nitrogen and oxygen atoms in total. The third kappa shape index (κ3) is 6.21. The number of hydrogen-bond donors (Lipinski definition) is 1. The van der Waals surface area contributed by atoms with Gasteiger partial charge in [0.15, 0.2) is 23.1 Å². The Morgan fingerprint density at radius 2 is 1.60 bits per heavy atom. The van der Waals surface area contributed by atoms with E-state index in [2.05, 4.69) is 9.97 Å². The third-order valence-electron chi connectivity index (χ3n) is 6.95. The maximum Gasteiger partial charge on any atom is 0.268 e. The van der Waals surface area contributed by atoms with Gasteiger partial charge in [-0.1, -0.05) is 30.3 Å². The van der Waals surface area contributed by atoms with Gasteiger partial charge in [0, 0.05) is 35.6 Å². The summed E-state index contributed by atoms with van der Waals surface area (Å²) in [5, 5.41) is 0.552. The van der Waals surface area contributed by atoms with Gasteiger partial charge in [-0.25, -0.2) is 8.78 Å². The fourth-order valence-corrected chi connectivity index (χ4v) is 4.74. The van der Waals surface area contributed by atoms with Crippen LogP contribution >= 0.6 is 0 Å². The first-order valence-corrected chi connectivity index (χ1v) is 13.8. The van der Waals surface area contributed by atoms with E-state index in [1.165, 1.54) is 68.0 Å². The van der Waals surface area contributed by atoms with Crippen molar-refractivity contribution in [3.8, 4) is 23.0 Å². The third-order valence-corrected chi connectivity index (χ3v) is 6.95. The van der Waals surface area contributed by atoms with E-state index >= 15 is 4.39 Å². The molecule has 0 spiro atoms. The number of halogens is 2. The normalized spacial score (nSPS) is 10.8. The van der Waals surface area contributed by atoms with Crippen molar-refractivity contribution < 1.29 is 27.8 Å². The molecule has 0 atom stereocenters. The minimum Gasteiger partial charge on any atom is -0.493 e. The zero-order valence-electron chi connectivity index (χ0n) is 23.9. The molecule has 0 radical (unpaired) electrons. The molecule has 6 rings (SSSR count). The number of fused-ring (bicyclic) bond motifs is 1. The van der Waals surface area contributed by atoms with Crippen molar-refractivity contribution in [3.63, 3.8) is 0 Å². The summed E-state index contributed by atoms with van der Waals surface area (Å²) in [6.07, 6.45) is 2.92. The van der Waals surface area contributed by atoms with Crippen LogP contribution in [0.1, 0.15) is 15.9 Å². The number of amides is 1. The summed E-state index contributed by atoms with van der Waals surface area (Å²) in [5.74, 6) is -0.924. The molecule has 4 aromatic carbocycles. The van der Waals surface area contributed by atoms with E-state index < -0.39 is 23.1 Å². The molecule has 10 heteroatoms. The number of aromatic amines is 1. The number of carbonyl (C=O) groups excluding carboxylic acids is 1. The summed E-state index contributed by atoms with van der Waals surface area (Å²) in [7, 11) is 1.52. The minimum absolute atomic E-state index is 0.0983. The highest BCUT2D eigenvalue weighted by Gasteiger charge is 2.24. The van der Waals surface area contributed by atoms with Gasteiger partial charge in [-0.3, -0.25) is 19.5 Å². The van der Waals surface area contributed by atoms with Crippen molar-refractivity contribution in [2.45, 2.75) is 6.61 Å². The number of nitrogens with zero attached hydrogens (tertiary/aromatic N) is 2. The fourth-order valence-electron chi connectivity index (χ4n) is 4.74. The maximum absolute atomic E-state index is 15.6. The number of benzene rings is 4. The number of nitrogens with one attached hydrogen (secondary N) is 1. The van der Waals surface area contributed by atoms with Gasteiger partial charge in [-0.2, -0.15) is 0 Å². The average molecular weight is 606 g/mol. The lowest BCUT2D eigenvalue weighted by molar-refractivity contribution is 0.0997. The van der Waals surface area contributed by atoms with Crippen molar-refractivity contribution in [2.24, 2.45) is 0 Å². The Kier molecular flexibility index (Phi) is 8.19.